The summed E-state index contributed by atoms with van der Waals surface area (Å²) in [5, 5.41) is 16.5. The number of benzene rings is 1. The Morgan fingerprint density at radius 3 is 2.60 bits per heavy atom. The van der Waals surface area contributed by atoms with Gasteiger partial charge in [-0.2, -0.15) is 10.4 Å². The fraction of sp³-hybridized carbons (Fsp3) is 0.444. The van der Waals surface area contributed by atoms with Gasteiger partial charge in [-0.15, -0.1) is 0 Å². The van der Waals surface area contributed by atoms with Crippen LogP contribution >= 0.6 is 0 Å². The van der Waals surface area contributed by atoms with Crippen LogP contribution in [0.1, 0.15) is 31.2 Å². The Balaban J connectivity index is 1.98. The van der Waals surface area contributed by atoms with Crippen molar-refractivity contribution in [3.05, 3.63) is 35.4 Å². The molecule has 0 amide bonds. The highest BCUT2D eigenvalue weighted by atomic mass is 19.1. The third-order valence-electron chi connectivity index (χ3n) is 4.47. The van der Waals surface area contributed by atoms with E-state index in [4.69, 9.17) is 5.26 Å². The molecule has 7 heteroatoms. The second-order valence-corrected chi connectivity index (χ2v) is 6.36. The smallest absolute Gasteiger partial charge is 0.151 e. The lowest BCUT2D eigenvalue weighted by atomic mass is 10.1. The maximum Gasteiger partial charge on any atom is 0.151 e. The van der Waals surface area contributed by atoms with Crippen LogP contribution in [-0.4, -0.2) is 22.0 Å². The Morgan fingerprint density at radius 1 is 1.28 bits per heavy atom. The summed E-state index contributed by atoms with van der Waals surface area (Å²) < 4.78 is 42.2. The van der Waals surface area contributed by atoms with E-state index in [1.165, 1.54) is 12.1 Å². The zero-order valence-corrected chi connectivity index (χ0v) is 13.9. The number of alkyl halides is 1. The van der Waals surface area contributed by atoms with Crippen LogP contribution in [0.25, 0.3) is 11.3 Å². The molecule has 1 aliphatic carbocycles. The number of rotatable bonds is 5. The SMILES string of the molecule is Cc1c(N[C@H]2CC[C@@H](F)C2)nn(CCC#N)c1-c1cc(F)cc(F)c1. The van der Waals surface area contributed by atoms with Crippen molar-refractivity contribution in [2.75, 3.05) is 5.32 Å². The minimum Gasteiger partial charge on any atom is -0.366 e. The molecule has 2 atom stereocenters. The van der Waals surface area contributed by atoms with Gasteiger partial charge in [-0.25, -0.2) is 13.2 Å². The molecule has 1 aliphatic rings. The summed E-state index contributed by atoms with van der Waals surface area (Å²) in [6.07, 6.45) is 1.08. The largest absolute Gasteiger partial charge is 0.366 e. The number of halogens is 3. The van der Waals surface area contributed by atoms with Gasteiger partial charge in [-0.3, -0.25) is 4.68 Å². The topological polar surface area (TPSA) is 53.6 Å². The molecule has 3 rings (SSSR count). The van der Waals surface area contributed by atoms with Gasteiger partial charge in [0.15, 0.2) is 5.82 Å². The number of nitrogens with one attached hydrogen (secondary N) is 1. The van der Waals surface area contributed by atoms with Gasteiger partial charge in [0.25, 0.3) is 0 Å². The average molecular weight is 348 g/mol. The maximum absolute atomic E-state index is 13.6. The normalized spacial score (nSPS) is 19.8. The van der Waals surface area contributed by atoms with E-state index in [1.54, 1.807) is 11.6 Å². The lowest BCUT2D eigenvalue weighted by molar-refractivity contribution is 0.341. The molecule has 0 spiro atoms. The minimum absolute atomic E-state index is 0.00916. The summed E-state index contributed by atoms with van der Waals surface area (Å²) in [4.78, 5) is 0. The highest BCUT2D eigenvalue weighted by Gasteiger charge is 2.26. The van der Waals surface area contributed by atoms with Crippen molar-refractivity contribution in [1.29, 1.82) is 5.26 Å². The summed E-state index contributed by atoms with van der Waals surface area (Å²) >= 11 is 0. The minimum atomic E-state index is -0.810. The first-order chi connectivity index (χ1) is 12.0. The highest BCUT2D eigenvalue weighted by molar-refractivity contribution is 5.69. The van der Waals surface area contributed by atoms with Crippen molar-refractivity contribution in [3.63, 3.8) is 0 Å². The molecule has 1 saturated carbocycles. The molecule has 1 aromatic heterocycles. The van der Waals surface area contributed by atoms with Crippen molar-refractivity contribution in [1.82, 2.24) is 9.78 Å². The Labute approximate surface area is 144 Å². The fourth-order valence-corrected chi connectivity index (χ4v) is 3.31. The van der Waals surface area contributed by atoms with Gasteiger partial charge >= 0.3 is 0 Å². The molecule has 1 heterocycles. The van der Waals surface area contributed by atoms with Crippen LogP contribution < -0.4 is 5.32 Å². The number of hydrogen-bond donors (Lipinski definition) is 1. The van der Waals surface area contributed by atoms with Crippen LogP contribution in [0.4, 0.5) is 19.0 Å². The molecular weight excluding hydrogens is 329 g/mol. The molecule has 0 radical (unpaired) electrons. The summed E-state index contributed by atoms with van der Waals surface area (Å²) in [7, 11) is 0. The molecular formula is C18H19F3N4. The van der Waals surface area contributed by atoms with Crippen molar-refractivity contribution in [2.24, 2.45) is 0 Å². The van der Waals surface area contributed by atoms with Crippen molar-refractivity contribution in [2.45, 2.75) is 51.4 Å². The summed E-state index contributed by atoms with van der Waals surface area (Å²) in [6.45, 7) is 2.11. The van der Waals surface area contributed by atoms with Crippen LogP contribution in [0.5, 0.6) is 0 Å². The molecule has 25 heavy (non-hydrogen) atoms. The second-order valence-electron chi connectivity index (χ2n) is 6.36. The standard InChI is InChI=1S/C18H19F3N4/c1-11-17(12-7-14(20)9-15(21)8-12)25(6-2-5-22)24-18(11)23-16-4-3-13(19)10-16/h7-9,13,16H,2-4,6,10H2,1H3,(H,23,24)/t13-,16+/m1/s1. The molecule has 0 bridgehead atoms. The summed E-state index contributed by atoms with van der Waals surface area (Å²) in [5.41, 5.74) is 1.65. The highest BCUT2D eigenvalue weighted by Crippen LogP contribution is 2.32. The molecule has 2 aromatic rings. The van der Waals surface area contributed by atoms with Gasteiger partial charge < -0.3 is 5.32 Å². The number of aryl methyl sites for hydroxylation is 1. The Kier molecular flexibility index (Phi) is 4.98. The zero-order valence-electron chi connectivity index (χ0n) is 13.9. The number of nitrogens with zero attached hydrogens (tertiary/aromatic N) is 3. The van der Waals surface area contributed by atoms with Crippen molar-refractivity contribution < 1.29 is 13.2 Å². The molecule has 0 saturated heterocycles. The molecule has 1 aromatic carbocycles. The average Bonchev–Trinajstić information content (AvgIpc) is 3.08. The number of hydrogen-bond acceptors (Lipinski definition) is 3. The van der Waals surface area contributed by atoms with E-state index in [9.17, 15) is 13.2 Å². The predicted octanol–water partition coefficient (Wildman–Crippen LogP) is 4.35. The first-order valence-corrected chi connectivity index (χ1v) is 8.29. The van der Waals surface area contributed by atoms with E-state index in [0.29, 0.717) is 36.5 Å². The van der Waals surface area contributed by atoms with E-state index in [-0.39, 0.29) is 12.5 Å². The Morgan fingerprint density at radius 2 is 2.00 bits per heavy atom. The van der Waals surface area contributed by atoms with Gasteiger partial charge in [0.1, 0.15) is 17.8 Å². The third kappa shape index (κ3) is 3.78. The Hall–Kier alpha value is -2.49. The van der Waals surface area contributed by atoms with Gasteiger partial charge in [0.05, 0.1) is 24.7 Å². The van der Waals surface area contributed by atoms with Gasteiger partial charge in [0.2, 0.25) is 0 Å². The number of aromatic nitrogens is 2. The maximum atomic E-state index is 13.6. The van der Waals surface area contributed by atoms with Crippen molar-refractivity contribution >= 4 is 5.82 Å². The molecule has 132 valence electrons. The molecule has 1 N–H and O–H groups in total. The van der Waals surface area contributed by atoms with E-state index >= 15 is 0 Å². The lowest BCUT2D eigenvalue weighted by Gasteiger charge is -2.11. The second kappa shape index (κ2) is 7.18. The van der Waals surface area contributed by atoms with Gasteiger partial charge in [0, 0.05) is 23.2 Å². The van der Waals surface area contributed by atoms with E-state index in [1.807, 2.05) is 6.07 Å². The summed E-state index contributed by atoms with van der Waals surface area (Å²) in [5.74, 6) is -0.780. The van der Waals surface area contributed by atoms with Gasteiger partial charge in [-0.1, -0.05) is 0 Å². The van der Waals surface area contributed by atoms with Crippen LogP contribution in [0, 0.1) is 29.9 Å². The quantitative estimate of drug-likeness (QED) is 0.874. The first-order valence-electron chi connectivity index (χ1n) is 8.29. The molecule has 1 fully saturated rings. The van der Waals surface area contributed by atoms with Crippen LogP contribution in [0.3, 0.4) is 0 Å². The predicted molar refractivity (Wildman–Crippen MR) is 88.7 cm³/mol. The number of nitriles is 1. The van der Waals surface area contributed by atoms with E-state index in [2.05, 4.69) is 10.4 Å². The Bertz CT molecular complexity index is 789. The van der Waals surface area contributed by atoms with Gasteiger partial charge in [-0.05, 0) is 38.3 Å². The first kappa shape index (κ1) is 17.3. The van der Waals surface area contributed by atoms with Crippen LogP contribution in [0.15, 0.2) is 18.2 Å². The zero-order chi connectivity index (χ0) is 18.0. The lowest BCUT2D eigenvalue weighted by Crippen LogP contribution is -2.17. The van der Waals surface area contributed by atoms with Crippen LogP contribution in [0.2, 0.25) is 0 Å². The van der Waals surface area contributed by atoms with Crippen molar-refractivity contribution in [3.8, 4) is 17.3 Å². The number of anilines is 1. The molecule has 4 nitrogen and oxygen atoms in total. The molecule has 0 unspecified atom stereocenters. The monoisotopic (exact) mass is 348 g/mol. The van der Waals surface area contributed by atoms with E-state index < -0.39 is 17.8 Å². The summed E-state index contributed by atoms with van der Waals surface area (Å²) in [6, 6.07) is 5.34. The van der Waals surface area contributed by atoms with Crippen LogP contribution in [-0.2, 0) is 6.54 Å². The fourth-order valence-electron chi connectivity index (χ4n) is 3.31. The van der Waals surface area contributed by atoms with E-state index in [0.717, 1.165) is 18.1 Å². The molecule has 0 aliphatic heterocycles. The third-order valence-corrected chi connectivity index (χ3v) is 4.47.